The van der Waals surface area contributed by atoms with Gasteiger partial charge >= 0.3 is 6.03 Å². The lowest BCUT2D eigenvalue weighted by Gasteiger charge is -2.45. The molecule has 3 aliphatic rings. The molecule has 3 fully saturated rings. The first-order valence-electron chi connectivity index (χ1n) is 13.9. The van der Waals surface area contributed by atoms with Gasteiger partial charge in [0.15, 0.2) is 5.82 Å². The van der Waals surface area contributed by atoms with Gasteiger partial charge in [-0.15, -0.1) is 5.10 Å². The smallest absolute Gasteiger partial charge is 0.344 e. The number of aromatic nitrogens is 2. The van der Waals surface area contributed by atoms with Gasteiger partial charge in [-0.05, 0) is 63.3 Å². The van der Waals surface area contributed by atoms with Crippen molar-refractivity contribution >= 4 is 27.6 Å². The number of allylic oxidation sites excluding steroid dienone is 1. The van der Waals surface area contributed by atoms with E-state index in [1.54, 1.807) is 16.6 Å². The second-order valence-electron chi connectivity index (χ2n) is 11.4. The van der Waals surface area contributed by atoms with Crippen LogP contribution in [0.1, 0.15) is 43.7 Å². The van der Waals surface area contributed by atoms with Gasteiger partial charge in [-0.25, -0.2) is 13.2 Å². The molecule has 3 aliphatic heterocycles. The van der Waals surface area contributed by atoms with Gasteiger partial charge in [0.2, 0.25) is 10.0 Å². The maximum Gasteiger partial charge on any atom is 0.344 e. The average Bonchev–Trinajstić information content (AvgIpc) is 3.51. The van der Waals surface area contributed by atoms with E-state index in [1.807, 2.05) is 11.8 Å². The van der Waals surface area contributed by atoms with Crippen molar-refractivity contribution in [3.05, 3.63) is 53.9 Å². The van der Waals surface area contributed by atoms with E-state index in [-0.39, 0.29) is 11.6 Å². The number of rotatable bonds is 6. The highest BCUT2D eigenvalue weighted by Crippen LogP contribution is 2.40. The maximum atomic E-state index is 13.1. The number of nitrogens with zero attached hydrogens (tertiary/aromatic N) is 6. The van der Waals surface area contributed by atoms with Crippen molar-refractivity contribution in [2.75, 3.05) is 62.3 Å². The Labute approximate surface area is 232 Å². The number of piperidine rings is 1. The first-order chi connectivity index (χ1) is 18.5. The summed E-state index contributed by atoms with van der Waals surface area (Å²) >= 11 is 0. The van der Waals surface area contributed by atoms with Gasteiger partial charge in [0.1, 0.15) is 0 Å². The van der Waals surface area contributed by atoms with Crippen molar-refractivity contribution in [3.8, 4) is 0 Å². The first-order valence-corrected chi connectivity index (χ1v) is 15.7. The van der Waals surface area contributed by atoms with Crippen LogP contribution in [0.5, 0.6) is 0 Å². The fourth-order valence-corrected chi connectivity index (χ4v) is 7.18. The zero-order valence-electron chi connectivity index (χ0n) is 23.4. The number of benzene rings is 1. The Morgan fingerprint density at radius 2 is 1.77 bits per heavy atom. The van der Waals surface area contributed by atoms with Crippen LogP contribution in [0.3, 0.4) is 0 Å². The molecule has 10 nitrogen and oxygen atoms in total. The summed E-state index contributed by atoms with van der Waals surface area (Å²) in [6.07, 6.45) is 7.21. The minimum Gasteiger partial charge on any atom is -0.369 e. The molecule has 5 rings (SSSR count). The van der Waals surface area contributed by atoms with Crippen molar-refractivity contribution in [2.24, 2.45) is 0 Å². The Bertz CT molecular complexity index is 1320. The van der Waals surface area contributed by atoms with E-state index in [2.05, 4.69) is 51.9 Å². The first kappa shape index (κ1) is 27.7. The number of piperazine rings is 1. The number of sulfonamides is 1. The highest BCUT2D eigenvalue weighted by Gasteiger charge is 2.44. The summed E-state index contributed by atoms with van der Waals surface area (Å²) in [5, 5.41) is 7.42. The molecule has 1 N–H and O–H groups in total. The summed E-state index contributed by atoms with van der Waals surface area (Å²) < 4.78 is 27.0. The lowest BCUT2D eigenvalue weighted by Crippen LogP contribution is -2.53. The van der Waals surface area contributed by atoms with E-state index >= 15 is 0 Å². The summed E-state index contributed by atoms with van der Waals surface area (Å²) in [7, 11) is -3.16. The van der Waals surface area contributed by atoms with Crippen LogP contribution in [0.15, 0.2) is 42.7 Å². The number of aryl methyl sites for hydroxylation is 1. The van der Waals surface area contributed by atoms with Crippen molar-refractivity contribution in [3.63, 3.8) is 0 Å². The Hall–Kier alpha value is -2.89. The van der Waals surface area contributed by atoms with E-state index in [0.717, 1.165) is 44.5 Å². The fourth-order valence-electron chi connectivity index (χ4n) is 6.35. The number of carbonyl (C=O) groups excluding carboxylic acids is 1. The Balaban J connectivity index is 1.25. The van der Waals surface area contributed by atoms with Gasteiger partial charge in [-0.2, -0.15) is 8.99 Å². The van der Waals surface area contributed by atoms with Crippen LogP contribution in [-0.2, 0) is 16.6 Å². The summed E-state index contributed by atoms with van der Waals surface area (Å²) in [5.41, 5.74) is 4.60. The standard InChI is InChI=1S/C28H41N7O3S/c1-22(2)29-26-8-13-35(30-26)27(36)32-14-10-28(11-15-32)9-5-12-33(28)21-24-7-6-23(3)20-25(24)31-16-18-34(19-17-31)39(4,37)38/h6-8,13,20H,1,5,9-12,14-19,21H2,2-4H3,(H,29,30). The van der Waals surface area contributed by atoms with E-state index in [0.29, 0.717) is 45.1 Å². The molecule has 39 heavy (non-hydrogen) atoms. The molecular formula is C28H41N7O3S. The third-order valence-corrected chi connectivity index (χ3v) is 9.79. The van der Waals surface area contributed by atoms with E-state index in [1.165, 1.54) is 27.8 Å². The Morgan fingerprint density at radius 3 is 2.44 bits per heavy atom. The molecular weight excluding hydrogens is 514 g/mol. The SMILES string of the molecule is C=C(C)Nc1ccn(C(=O)N2CCC3(CCCN3Cc3ccc(C)cc3N3CCN(S(C)(=O)=O)CC3)CC2)n1. The highest BCUT2D eigenvalue weighted by molar-refractivity contribution is 7.88. The molecule has 1 amide bonds. The minimum absolute atomic E-state index is 0.0850. The van der Waals surface area contributed by atoms with E-state index < -0.39 is 10.0 Å². The molecule has 0 bridgehead atoms. The quantitative estimate of drug-likeness (QED) is 0.585. The molecule has 0 atom stereocenters. The van der Waals surface area contributed by atoms with Gasteiger partial charge in [-0.3, -0.25) is 4.90 Å². The predicted octanol–water partition coefficient (Wildman–Crippen LogP) is 3.32. The zero-order valence-corrected chi connectivity index (χ0v) is 24.2. The number of anilines is 2. The number of hydrogen-bond acceptors (Lipinski definition) is 7. The molecule has 0 unspecified atom stereocenters. The topological polar surface area (TPSA) is 94.0 Å². The molecule has 1 aromatic carbocycles. The minimum atomic E-state index is -3.16. The molecule has 11 heteroatoms. The van der Waals surface area contributed by atoms with Crippen LogP contribution in [0, 0.1) is 6.92 Å². The van der Waals surface area contributed by atoms with Gasteiger partial charge in [0.25, 0.3) is 0 Å². The van der Waals surface area contributed by atoms with E-state index in [4.69, 9.17) is 0 Å². The van der Waals surface area contributed by atoms with Crippen LogP contribution in [-0.4, -0.2) is 95.9 Å². The average molecular weight is 556 g/mol. The molecule has 0 saturated carbocycles. The Kier molecular flexibility index (Phi) is 7.76. The van der Waals surface area contributed by atoms with Crippen molar-refractivity contribution in [2.45, 2.75) is 51.6 Å². The van der Waals surface area contributed by atoms with Crippen molar-refractivity contribution < 1.29 is 13.2 Å². The van der Waals surface area contributed by atoms with Gasteiger partial charge in [0.05, 0.1) is 6.26 Å². The Morgan fingerprint density at radius 1 is 1.05 bits per heavy atom. The number of amides is 1. The van der Waals surface area contributed by atoms with Crippen LogP contribution in [0.4, 0.5) is 16.3 Å². The predicted molar refractivity (Wildman–Crippen MR) is 154 cm³/mol. The van der Waals surface area contributed by atoms with Crippen LogP contribution < -0.4 is 10.2 Å². The lowest BCUT2D eigenvalue weighted by atomic mass is 9.84. The van der Waals surface area contributed by atoms with Gasteiger partial charge in [-0.1, -0.05) is 18.7 Å². The second kappa shape index (κ2) is 10.9. The van der Waals surface area contributed by atoms with Crippen LogP contribution >= 0.6 is 0 Å². The number of carbonyl (C=O) groups is 1. The summed E-state index contributed by atoms with van der Waals surface area (Å²) in [4.78, 5) is 20.0. The molecule has 1 spiro atoms. The molecule has 2 aromatic rings. The van der Waals surface area contributed by atoms with Crippen LogP contribution in [0.2, 0.25) is 0 Å². The third kappa shape index (κ3) is 6.00. The summed E-state index contributed by atoms with van der Waals surface area (Å²) in [6, 6.07) is 8.37. The maximum absolute atomic E-state index is 13.1. The van der Waals surface area contributed by atoms with E-state index in [9.17, 15) is 13.2 Å². The number of hydrogen-bond donors (Lipinski definition) is 1. The number of nitrogens with one attached hydrogen (secondary N) is 1. The molecule has 3 saturated heterocycles. The van der Waals surface area contributed by atoms with Gasteiger partial charge in [0, 0.05) is 75.0 Å². The van der Waals surface area contributed by atoms with Crippen LogP contribution in [0.25, 0.3) is 0 Å². The van der Waals surface area contributed by atoms with Gasteiger partial charge < -0.3 is 15.1 Å². The van der Waals surface area contributed by atoms with Crippen molar-refractivity contribution in [1.29, 1.82) is 0 Å². The molecule has 212 valence electrons. The molecule has 0 aliphatic carbocycles. The summed E-state index contributed by atoms with van der Waals surface area (Å²) in [6.45, 7) is 13.6. The normalized spacial score (nSPS) is 20.5. The number of likely N-dealkylation sites (tertiary alicyclic amines) is 2. The largest absolute Gasteiger partial charge is 0.369 e. The molecule has 1 aromatic heterocycles. The van der Waals surface area contributed by atoms with Crippen molar-refractivity contribution in [1.82, 2.24) is 23.9 Å². The molecule has 0 radical (unpaired) electrons. The zero-order chi connectivity index (χ0) is 27.8. The highest BCUT2D eigenvalue weighted by atomic mass is 32.2. The third-order valence-electron chi connectivity index (χ3n) is 8.48. The fraction of sp³-hybridized carbons (Fsp3) is 0.571. The summed E-state index contributed by atoms with van der Waals surface area (Å²) in [5.74, 6) is 0.623. The monoisotopic (exact) mass is 555 g/mol. The second-order valence-corrected chi connectivity index (χ2v) is 13.3. The molecule has 4 heterocycles. The lowest BCUT2D eigenvalue weighted by molar-refractivity contribution is 0.0585.